The Morgan fingerprint density at radius 3 is 2.61 bits per heavy atom. The molecule has 0 saturated carbocycles. The van der Waals surface area contributed by atoms with Crippen molar-refractivity contribution in [2.24, 2.45) is 10.1 Å². The molecule has 2 aliphatic heterocycles. The van der Waals surface area contributed by atoms with E-state index in [1.54, 1.807) is 67.0 Å². The van der Waals surface area contributed by atoms with E-state index in [4.69, 9.17) is 38.1 Å². The van der Waals surface area contributed by atoms with Crippen LogP contribution in [0.4, 0.5) is 0 Å². The molecule has 3 aromatic rings. The number of fused-ring (bicyclic) bond motifs is 1. The normalized spacial score (nSPS) is 16.1. The van der Waals surface area contributed by atoms with Crippen molar-refractivity contribution in [3.8, 4) is 11.5 Å². The molecule has 2 aliphatic rings. The fraction of sp³-hybridized carbons (Fsp3) is 0.0800. The Hall–Kier alpha value is -3.66. The van der Waals surface area contributed by atoms with Crippen LogP contribution < -0.4 is 9.47 Å². The molecular weight excluding hydrogens is 521 g/mol. The summed E-state index contributed by atoms with van der Waals surface area (Å²) in [5.41, 5.74) is 1.52. The molecule has 2 aromatic carbocycles. The highest BCUT2D eigenvalue weighted by Crippen LogP contribution is 2.32. The SMILES string of the molecule is N=C1C(=Cc2ccc(OCCOc3ccc(Cl)cc3)c(Cl)c2)C(=O)N=C2SC(c3cccnc3)=NN12. The van der Waals surface area contributed by atoms with Crippen LogP contribution in [0.3, 0.4) is 0 Å². The Kier molecular flexibility index (Phi) is 7.04. The number of thioether (sulfide) groups is 1. The summed E-state index contributed by atoms with van der Waals surface area (Å²) in [7, 11) is 0. The highest BCUT2D eigenvalue weighted by atomic mass is 35.5. The van der Waals surface area contributed by atoms with Crippen LogP contribution in [0.2, 0.25) is 10.0 Å². The number of hydrogen-bond acceptors (Lipinski definition) is 7. The van der Waals surface area contributed by atoms with Crippen molar-refractivity contribution in [2.75, 3.05) is 13.2 Å². The molecule has 180 valence electrons. The first kappa shape index (κ1) is 24.1. The number of nitrogens with one attached hydrogen (secondary N) is 1. The van der Waals surface area contributed by atoms with Gasteiger partial charge in [0, 0.05) is 23.0 Å². The average molecular weight is 538 g/mol. The van der Waals surface area contributed by atoms with Gasteiger partial charge in [-0.15, -0.1) is 0 Å². The van der Waals surface area contributed by atoms with Crippen molar-refractivity contribution >= 4 is 63.0 Å². The number of benzene rings is 2. The Labute approximate surface area is 220 Å². The number of hydrogen-bond donors (Lipinski definition) is 1. The molecular formula is C25H17Cl2N5O3S. The van der Waals surface area contributed by atoms with E-state index < -0.39 is 5.91 Å². The number of halogens is 2. The van der Waals surface area contributed by atoms with Gasteiger partial charge in [-0.1, -0.05) is 29.3 Å². The molecule has 0 atom stereocenters. The average Bonchev–Trinajstić information content (AvgIpc) is 3.31. The molecule has 11 heteroatoms. The van der Waals surface area contributed by atoms with Crippen LogP contribution in [0.1, 0.15) is 11.1 Å². The second kappa shape index (κ2) is 10.5. The van der Waals surface area contributed by atoms with E-state index in [0.717, 1.165) is 5.56 Å². The number of pyridine rings is 1. The van der Waals surface area contributed by atoms with Gasteiger partial charge in [-0.2, -0.15) is 15.1 Å². The summed E-state index contributed by atoms with van der Waals surface area (Å²) in [6, 6.07) is 15.8. The number of carbonyl (C=O) groups is 1. The van der Waals surface area contributed by atoms with Gasteiger partial charge in [0.25, 0.3) is 5.91 Å². The zero-order valence-electron chi connectivity index (χ0n) is 18.5. The van der Waals surface area contributed by atoms with Gasteiger partial charge in [-0.3, -0.25) is 15.2 Å². The molecule has 0 radical (unpaired) electrons. The largest absolute Gasteiger partial charge is 0.490 e. The maximum absolute atomic E-state index is 12.7. The van der Waals surface area contributed by atoms with Gasteiger partial charge >= 0.3 is 0 Å². The van der Waals surface area contributed by atoms with Crippen molar-refractivity contribution < 1.29 is 14.3 Å². The van der Waals surface area contributed by atoms with Gasteiger partial charge < -0.3 is 9.47 Å². The minimum Gasteiger partial charge on any atom is -0.490 e. The number of rotatable bonds is 7. The first-order valence-electron chi connectivity index (χ1n) is 10.7. The number of aromatic nitrogens is 1. The van der Waals surface area contributed by atoms with E-state index in [2.05, 4.69) is 15.1 Å². The van der Waals surface area contributed by atoms with Gasteiger partial charge in [-0.05, 0) is 71.9 Å². The summed E-state index contributed by atoms with van der Waals surface area (Å²) in [5, 5.41) is 16.3. The fourth-order valence-electron chi connectivity index (χ4n) is 3.33. The minimum atomic E-state index is -0.516. The van der Waals surface area contributed by atoms with Gasteiger partial charge in [0.15, 0.2) is 5.84 Å². The zero-order chi connectivity index (χ0) is 25.1. The van der Waals surface area contributed by atoms with E-state index in [-0.39, 0.29) is 18.0 Å². The molecule has 5 rings (SSSR count). The summed E-state index contributed by atoms with van der Waals surface area (Å²) in [4.78, 5) is 20.9. The Morgan fingerprint density at radius 2 is 1.86 bits per heavy atom. The van der Waals surface area contributed by atoms with Crippen LogP contribution >= 0.6 is 35.0 Å². The molecule has 0 fully saturated rings. The molecule has 0 spiro atoms. The number of amides is 1. The number of aliphatic imine (C=N–C) groups is 1. The first-order chi connectivity index (χ1) is 17.5. The number of ether oxygens (including phenoxy) is 2. The lowest BCUT2D eigenvalue weighted by molar-refractivity contribution is -0.114. The number of amidine groups is 2. The monoisotopic (exact) mass is 537 g/mol. The molecule has 8 nitrogen and oxygen atoms in total. The van der Waals surface area contributed by atoms with Crippen LogP contribution in [0.25, 0.3) is 6.08 Å². The van der Waals surface area contributed by atoms with Crippen LogP contribution in [0.5, 0.6) is 11.5 Å². The van der Waals surface area contributed by atoms with Crippen LogP contribution in [0, 0.1) is 5.41 Å². The highest BCUT2D eigenvalue weighted by Gasteiger charge is 2.36. The molecule has 0 aliphatic carbocycles. The maximum Gasteiger partial charge on any atom is 0.283 e. The molecule has 0 bridgehead atoms. The van der Waals surface area contributed by atoms with Crippen LogP contribution in [-0.4, -0.2) is 45.2 Å². The summed E-state index contributed by atoms with van der Waals surface area (Å²) in [5.74, 6) is 0.588. The number of hydrazone groups is 1. The molecule has 3 heterocycles. The zero-order valence-corrected chi connectivity index (χ0v) is 20.8. The topological polar surface area (TPSA) is 100 Å². The third-order valence-electron chi connectivity index (χ3n) is 5.05. The second-order valence-corrected chi connectivity index (χ2v) is 9.31. The summed E-state index contributed by atoms with van der Waals surface area (Å²) < 4.78 is 11.3. The lowest BCUT2D eigenvalue weighted by Crippen LogP contribution is -2.35. The molecule has 1 aromatic heterocycles. The molecule has 1 N–H and O–H groups in total. The smallest absolute Gasteiger partial charge is 0.283 e. The van der Waals surface area contributed by atoms with Gasteiger partial charge in [0.1, 0.15) is 29.8 Å². The number of nitrogens with zero attached hydrogens (tertiary/aromatic N) is 4. The van der Waals surface area contributed by atoms with Crippen molar-refractivity contribution in [1.29, 1.82) is 5.41 Å². The lowest BCUT2D eigenvalue weighted by Gasteiger charge is -2.20. The predicted octanol–water partition coefficient (Wildman–Crippen LogP) is 5.51. The molecule has 1 amide bonds. The highest BCUT2D eigenvalue weighted by molar-refractivity contribution is 8.27. The third-order valence-corrected chi connectivity index (χ3v) is 6.56. The second-order valence-electron chi connectivity index (χ2n) is 7.51. The fourth-order valence-corrected chi connectivity index (χ4v) is 4.58. The van der Waals surface area contributed by atoms with Crippen molar-refractivity contribution in [2.45, 2.75) is 0 Å². The van der Waals surface area contributed by atoms with Crippen molar-refractivity contribution in [3.63, 3.8) is 0 Å². The summed E-state index contributed by atoms with van der Waals surface area (Å²) in [6.07, 6.45) is 4.90. The van der Waals surface area contributed by atoms with Gasteiger partial charge in [0.05, 0.1) is 10.6 Å². The lowest BCUT2D eigenvalue weighted by atomic mass is 10.1. The predicted molar refractivity (Wildman–Crippen MR) is 142 cm³/mol. The Balaban J connectivity index is 1.25. The summed E-state index contributed by atoms with van der Waals surface area (Å²) in [6.45, 7) is 0.610. The van der Waals surface area contributed by atoms with Crippen molar-refractivity contribution in [3.05, 3.63) is 93.7 Å². The van der Waals surface area contributed by atoms with Gasteiger partial charge in [-0.25, -0.2) is 0 Å². The minimum absolute atomic E-state index is 0.0628. The standard InChI is InChI=1S/C25H17Cl2N5O3S/c26-17-4-6-18(7-5-17)34-10-11-35-21-8-3-15(13-20(21)27)12-19-22(28)32-25(30-23(19)33)36-24(31-32)16-2-1-9-29-14-16/h1-9,12-14,28H,10-11H2. The van der Waals surface area contributed by atoms with Gasteiger partial charge in [0.2, 0.25) is 5.17 Å². The van der Waals surface area contributed by atoms with E-state index in [1.807, 2.05) is 6.07 Å². The molecule has 36 heavy (non-hydrogen) atoms. The number of carbonyl (C=O) groups excluding carboxylic acids is 1. The van der Waals surface area contributed by atoms with E-state index in [1.165, 1.54) is 16.8 Å². The maximum atomic E-state index is 12.7. The molecule has 0 unspecified atom stereocenters. The Bertz CT molecular complexity index is 1430. The Morgan fingerprint density at radius 1 is 1.06 bits per heavy atom. The van der Waals surface area contributed by atoms with E-state index in [9.17, 15) is 4.79 Å². The van der Waals surface area contributed by atoms with Crippen LogP contribution in [-0.2, 0) is 4.79 Å². The van der Waals surface area contributed by atoms with E-state index >= 15 is 0 Å². The quantitative estimate of drug-likeness (QED) is 0.315. The molecule has 0 saturated heterocycles. The van der Waals surface area contributed by atoms with E-state index in [0.29, 0.717) is 43.9 Å². The third kappa shape index (κ3) is 5.28. The first-order valence-corrected chi connectivity index (χ1v) is 12.3. The van der Waals surface area contributed by atoms with Crippen LogP contribution in [0.15, 0.2) is 82.7 Å². The van der Waals surface area contributed by atoms with Crippen molar-refractivity contribution in [1.82, 2.24) is 9.99 Å². The summed E-state index contributed by atoms with van der Waals surface area (Å²) >= 11 is 13.5.